The summed E-state index contributed by atoms with van der Waals surface area (Å²) in [7, 11) is 1.72. The highest BCUT2D eigenvalue weighted by Gasteiger charge is 2.18. The largest absolute Gasteiger partial charge is 0.496 e. The molecule has 0 N–H and O–H groups in total. The molecule has 0 aliphatic heterocycles. The van der Waals surface area contributed by atoms with E-state index >= 15 is 0 Å². The van der Waals surface area contributed by atoms with Crippen LogP contribution in [-0.2, 0) is 5.41 Å². The lowest BCUT2D eigenvalue weighted by Crippen LogP contribution is -2.12. The number of hydrogen-bond acceptors (Lipinski definition) is 1. The van der Waals surface area contributed by atoms with Gasteiger partial charge >= 0.3 is 0 Å². The molecule has 0 fully saturated rings. The minimum absolute atomic E-state index is 0.145. The van der Waals surface area contributed by atoms with Gasteiger partial charge in [-0.25, -0.2) is 0 Å². The molecule has 0 radical (unpaired) electrons. The molecule has 1 aromatic carbocycles. The zero-order valence-corrected chi connectivity index (χ0v) is 10.7. The smallest absolute Gasteiger partial charge is 0.122 e. The summed E-state index contributed by atoms with van der Waals surface area (Å²) in [5.74, 6) is 0.980. The Morgan fingerprint density at radius 3 is 2.31 bits per heavy atom. The van der Waals surface area contributed by atoms with Crippen LogP contribution in [0.2, 0.25) is 0 Å². The third kappa shape index (κ3) is 2.59. The number of hydrogen-bond donors (Lipinski definition) is 0. The Morgan fingerprint density at radius 2 is 1.85 bits per heavy atom. The van der Waals surface area contributed by atoms with Gasteiger partial charge in [0.05, 0.1) is 7.11 Å². The van der Waals surface area contributed by atoms with Gasteiger partial charge in [-0.15, -0.1) is 0 Å². The quantitative estimate of drug-likeness (QED) is 0.718. The van der Waals surface area contributed by atoms with Crippen LogP contribution in [0.3, 0.4) is 0 Å². The van der Waals surface area contributed by atoms with Crippen LogP contribution in [0.5, 0.6) is 5.75 Å². The van der Waals surface area contributed by atoms with Gasteiger partial charge in [0.15, 0.2) is 0 Å². The summed E-state index contributed by atoms with van der Waals surface area (Å²) in [5.41, 5.74) is 1.41. The van der Waals surface area contributed by atoms with Gasteiger partial charge in [-0.2, -0.15) is 0 Å². The highest BCUT2D eigenvalue weighted by molar-refractivity contribution is 14.1. The van der Waals surface area contributed by atoms with Crippen LogP contribution < -0.4 is 4.74 Å². The number of benzene rings is 1. The molecule has 0 bridgehead atoms. The van der Waals surface area contributed by atoms with Gasteiger partial charge in [-0.1, -0.05) is 20.8 Å². The standard InChI is InChI=1S/C11H15IO/c1-11(2,3)9-7-8(12)5-6-10(9)13-4/h5-7H,1-4H3. The van der Waals surface area contributed by atoms with E-state index in [1.165, 1.54) is 9.13 Å². The second kappa shape index (κ2) is 3.86. The summed E-state index contributed by atoms with van der Waals surface area (Å²) >= 11 is 2.32. The van der Waals surface area contributed by atoms with Crippen molar-refractivity contribution in [2.75, 3.05) is 7.11 Å². The number of halogens is 1. The Hall–Kier alpha value is -0.250. The summed E-state index contributed by atoms with van der Waals surface area (Å²) in [6, 6.07) is 6.27. The maximum Gasteiger partial charge on any atom is 0.122 e. The third-order valence-electron chi connectivity index (χ3n) is 1.97. The molecule has 0 heterocycles. The summed E-state index contributed by atoms with van der Waals surface area (Å²) < 4.78 is 6.58. The van der Waals surface area contributed by atoms with Crippen molar-refractivity contribution in [1.82, 2.24) is 0 Å². The molecule has 72 valence electrons. The summed E-state index contributed by atoms with van der Waals surface area (Å²) in [5, 5.41) is 0. The maximum absolute atomic E-state index is 5.32. The number of ether oxygens (including phenoxy) is 1. The Kier molecular flexibility index (Phi) is 3.22. The molecule has 2 heteroatoms. The second-order valence-electron chi connectivity index (χ2n) is 4.09. The minimum Gasteiger partial charge on any atom is -0.496 e. The molecule has 0 aliphatic carbocycles. The Labute approximate surface area is 93.6 Å². The molecule has 0 unspecified atom stereocenters. The van der Waals surface area contributed by atoms with Gasteiger partial charge in [0.25, 0.3) is 0 Å². The van der Waals surface area contributed by atoms with E-state index in [-0.39, 0.29) is 5.41 Å². The van der Waals surface area contributed by atoms with Crippen LogP contribution in [0.1, 0.15) is 26.3 Å². The normalized spacial score (nSPS) is 11.5. The van der Waals surface area contributed by atoms with Crippen molar-refractivity contribution in [1.29, 1.82) is 0 Å². The van der Waals surface area contributed by atoms with Gasteiger partial charge in [-0.05, 0) is 46.2 Å². The van der Waals surface area contributed by atoms with E-state index in [9.17, 15) is 0 Å². The molecule has 1 nitrogen and oxygen atoms in total. The van der Waals surface area contributed by atoms with Crippen LogP contribution in [0.15, 0.2) is 18.2 Å². The van der Waals surface area contributed by atoms with E-state index in [0.29, 0.717) is 0 Å². The molecule has 0 saturated heterocycles. The van der Waals surface area contributed by atoms with Gasteiger partial charge in [-0.3, -0.25) is 0 Å². The molecule has 0 saturated carbocycles. The van der Waals surface area contributed by atoms with Crippen molar-refractivity contribution in [3.63, 3.8) is 0 Å². The van der Waals surface area contributed by atoms with Crippen molar-refractivity contribution < 1.29 is 4.74 Å². The highest BCUT2D eigenvalue weighted by atomic mass is 127. The van der Waals surface area contributed by atoms with Crippen molar-refractivity contribution in [3.8, 4) is 5.75 Å². The van der Waals surface area contributed by atoms with E-state index in [2.05, 4.69) is 55.5 Å². The molecule has 13 heavy (non-hydrogen) atoms. The Balaban J connectivity index is 3.24. The van der Waals surface area contributed by atoms with Gasteiger partial charge in [0, 0.05) is 9.13 Å². The first-order chi connectivity index (χ1) is 5.95. The predicted molar refractivity (Wildman–Crippen MR) is 64.4 cm³/mol. The van der Waals surface area contributed by atoms with E-state index in [1.807, 2.05) is 6.07 Å². The first-order valence-corrected chi connectivity index (χ1v) is 5.37. The molecular formula is C11H15IO. The first kappa shape index (κ1) is 10.8. The van der Waals surface area contributed by atoms with E-state index < -0.39 is 0 Å². The van der Waals surface area contributed by atoms with Crippen molar-refractivity contribution >= 4 is 22.6 Å². The fourth-order valence-electron chi connectivity index (χ4n) is 1.27. The average Bonchev–Trinajstić information content (AvgIpc) is 2.03. The van der Waals surface area contributed by atoms with Crippen LogP contribution in [0, 0.1) is 3.57 Å². The van der Waals surface area contributed by atoms with Crippen LogP contribution in [-0.4, -0.2) is 7.11 Å². The van der Waals surface area contributed by atoms with E-state index in [0.717, 1.165) is 5.75 Å². The zero-order valence-electron chi connectivity index (χ0n) is 8.52. The van der Waals surface area contributed by atoms with Crippen LogP contribution >= 0.6 is 22.6 Å². The van der Waals surface area contributed by atoms with Gasteiger partial charge < -0.3 is 4.74 Å². The van der Waals surface area contributed by atoms with Crippen molar-refractivity contribution in [2.24, 2.45) is 0 Å². The number of rotatable bonds is 1. The SMILES string of the molecule is COc1ccc(I)cc1C(C)(C)C. The lowest BCUT2D eigenvalue weighted by atomic mass is 9.86. The lowest BCUT2D eigenvalue weighted by Gasteiger charge is -2.22. The molecule has 0 amide bonds. The van der Waals surface area contributed by atoms with E-state index in [1.54, 1.807) is 7.11 Å². The molecule has 0 spiro atoms. The third-order valence-corrected chi connectivity index (χ3v) is 2.64. The molecule has 1 aromatic rings. The second-order valence-corrected chi connectivity index (χ2v) is 5.34. The Bertz CT molecular complexity index is 299. The molecule has 0 aliphatic rings. The fourth-order valence-corrected chi connectivity index (χ4v) is 1.76. The van der Waals surface area contributed by atoms with Crippen molar-refractivity contribution in [3.05, 3.63) is 27.3 Å². The van der Waals surface area contributed by atoms with Gasteiger partial charge in [0.1, 0.15) is 5.75 Å². The first-order valence-electron chi connectivity index (χ1n) is 4.29. The predicted octanol–water partition coefficient (Wildman–Crippen LogP) is 3.60. The number of methoxy groups -OCH3 is 1. The zero-order chi connectivity index (χ0) is 10.1. The van der Waals surface area contributed by atoms with Crippen LogP contribution in [0.25, 0.3) is 0 Å². The molecule has 1 rings (SSSR count). The topological polar surface area (TPSA) is 9.23 Å². The van der Waals surface area contributed by atoms with Gasteiger partial charge in [0.2, 0.25) is 0 Å². The summed E-state index contributed by atoms with van der Waals surface area (Å²) in [6.07, 6.45) is 0. The van der Waals surface area contributed by atoms with E-state index in [4.69, 9.17) is 4.74 Å². The van der Waals surface area contributed by atoms with Crippen LogP contribution in [0.4, 0.5) is 0 Å². The maximum atomic E-state index is 5.32. The lowest BCUT2D eigenvalue weighted by molar-refractivity contribution is 0.397. The monoisotopic (exact) mass is 290 g/mol. The highest BCUT2D eigenvalue weighted by Crippen LogP contribution is 2.32. The molecule has 0 aromatic heterocycles. The fraction of sp³-hybridized carbons (Fsp3) is 0.455. The molecule has 0 atom stereocenters. The molecular weight excluding hydrogens is 275 g/mol. The Morgan fingerprint density at radius 1 is 1.23 bits per heavy atom. The summed E-state index contributed by atoms with van der Waals surface area (Å²) in [4.78, 5) is 0. The summed E-state index contributed by atoms with van der Waals surface area (Å²) in [6.45, 7) is 6.59. The van der Waals surface area contributed by atoms with Crippen molar-refractivity contribution in [2.45, 2.75) is 26.2 Å². The average molecular weight is 290 g/mol. The minimum atomic E-state index is 0.145.